The molecule has 1 aromatic heterocycles. The average molecular weight is 264 g/mol. The second kappa shape index (κ2) is 5.75. The maximum atomic E-state index is 14.0. The van der Waals surface area contributed by atoms with Crippen molar-refractivity contribution in [2.24, 2.45) is 0 Å². The maximum absolute atomic E-state index is 14.0. The molecule has 5 heteroatoms. The minimum atomic E-state index is -0.585. The van der Waals surface area contributed by atoms with Crippen LogP contribution in [0.3, 0.4) is 0 Å². The Bertz CT molecular complexity index is 588. The topological polar surface area (TPSA) is 34.2 Å². The summed E-state index contributed by atoms with van der Waals surface area (Å²) in [6.07, 6.45) is 1.43. The molecule has 0 atom stereocenters. The van der Waals surface area contributed by atoms with Gasteiger partial charge in [0, 0.05) is 18.3 Å². The fourth-order valence-electron chi connectivity index (χ4n) is 1.66. The monoisotopic (exact) mass is 264 g/mol. The van der Waals surface area contributed by atoms with E-state index >= 15 is 0 Å². The Hall–Kier alpha value is -2.01. The number of pyridine rings is 1. The van der Waals surface area contributed by atoms with E-state index in [4.69, 9.17) is 4.74 Å². The van der Waals surface area contributed by atoms with Crippen molar-refractivity contribution < 1.29 is 13.5 Å². The van der Waals surface area contributed by atoms with Crippen LogP contribution in [0.5, 0.6) is 11.6 Å². The van der Waals surface area contributed by atoms with Gasteiger partial charge in [0.25, 0.3) is 5.88 Å². The summed E-state index contributed by atoms with van der Waals surface area (Å²) in [6.45, 7) is 1.96. The number of nitrogens with zero attached hydrogens (tertiary/aromatic N) is 1. The molecular formula is C14H14F2N2O. The molecule has 1 N–H and O–H groups in total. The van der Waals surface area contributed by atoms with Crippen molar-refractivity contribution in [2.75, 3.05) is 7.05 Å². The number of aryl methyl sites for hydroxylation is 1. The molecule has 0 aliphatic rings. The van der Waals surface area contributed by atoms with E-state index in [1.807, 2.05) is 0 Å². The largest absolute Gasteiger partial charge is 0.433 e. The molecular weight excluding hydrogens is 250 g/mol. The Morgan fingerprint density at radius 1 is 1.21 bits per heavy atom. The molecule has 0 aliphatic carbocycles. The first-order valence-corrected chi connectivity index (χ1v) is 5.84. The van der Waals surface area contributed by atoms with Gasteiger partial charge in [0.2, 0.25) is 0 Å². The second-order valence-electron chi connectivity index (χ2n) is 4.11. The highest BCUT2D eigenvalue weighted by atomic mass is 19.1. The number of halogens is 2. The zero-order valence-electron chi connectivity index (χ0n) is 10.7. The van der Waals surface area contributed by atoms with Gasteiger partial charge >= 0.3 is 0 Å². The molecule has 1 aromatic carbocycles. The summed E-state index contributed by atoms with van der Waals surface area (Å²) in [6, 6.07) is 6.24. The molecule has 0 spiro atoms. The van der Waals surface area contributed by atoms with Crippen LogP contribution in [0.4, 0.5) is 8.78 Å². The van der Waals surface area contributed by atoms with E-state index in [1.54, 1.807) is 32.2 Å². The van der Waals surface area contributed by atoms with Crippen LogP contribution in [0.25, 0.3) is 0 Å². The predicted molar refractivity (Wildman–Crippen MR) is 68.2 cm³/mol. The molecule has 3 nitrogen and oxygen atoms in total. The van der Waals surface area contributed by atoms with Gasteiger partial charge < -0.3 is 10.1 Å². The lowest BCUT2D eigenvalue weighted by atomic mass is 10.2. The molecule has 0 fully saturated rings. The van der Waals surface area contributed by atoms with Crippen molar-refractivity contribution in [3.8, 4) is 11.6 Å². The summed E-state index contributed by atoms with van der Waals surface area (Å²) in [5.74, 6) is -1.36. The van der Waals surface area contributed by atoms with Crippen molar-refractivity contribution in [1.29, 1.82) is 0 Å². The lowest BCUT2D eigenvalue weighted by Gasteiger charge is -2.10. The van der Waals surface area contributed by atoms with Crippen LogP contribution in [-0.2, 0) is 6.54 Å². The molecule has 0 unspecified atom stereocenters. The SMILES string of the molecule is CNCc1ccnc(Oc2cccc(C)c2F)c1F. The van der Waals surface area contributed by atoms with Gasteiger partial charge in [0.1, 0.15) is 0 Å². The van der Waals surface area contributed by atoms with Gasteiger partial charge in [0.05, 0.1) is 0 Å². The number of benzene rings is 1. The van der Waals surface area contributed by atoms with Crippen LogP contribution in [-0.4, -0.2) is 12.0 Å². The smallest absolute Gasteiger partial charge is 0.256 e. The van der Waals surface area contributed by atoms with Crippen molar-refractivity contribution in [1.82, 2.24) is 10.3 Å². The normalized spacial score (nSPS) is 10.5. The van der Waals surface area contributed by atoms with Crippen LogP contribution in [0, 0.1) is 18.6 Å². The first-order valence-electron chi connectivity index (χ1n) is 5.84. The number of hydrogen-bond acceptors (Lipinski definition) is 3. The molecule has 0 bridgehead atoms. The summed E-state index contributed by atoms with van der Waals surface area (Å²) in [4.78, 5) is 3.80. The molecule has 0 saturated heterocycles. The van der Waals surface area contributed by atoms with E-state index in [9.17, 15) is 8.78 Å². The van der Waals surface area contributed by atoms with Gasteiger partial charge in [-0.05, 0) is 31.7 Å². The highest BCUT2D eigenvalue weighted by molar-refractivity contribution is 5.34. The summed E-state index contributed by atoms with van der Waals surface area (Å²) >= 11 is 0. The van der Waals surface area contributed by atoms with Crippen LogP contribution in [0.2, 0.25) is 0 Å². The van der Waals surface area contributed by atoms with Gasteiger partial charge in [-0.2, -0.15) is 0 Å². The standard InChI is InChI=1S/C14H14F2N2O/c1-9-4-3-5-11(12(9)15)19-14-13(16)10(8-17-2)6-7-18-14/h3-7,17H,8H2,1-2H3. The average Bonchev–Trinajstić information content (AvgIpc) is 2.40. The number of aromatic nitrogens is 1. The Morgan fingerprint density at radius 3 is 2.74 bits per heavy atom. The van der Waals surface area contributed by atoms with Gasteiger partial charge in [-0.25, -0.2) is 13.8 Å². The molecule has 19 heavy (non-hydrogen) atoms. The van der Waals surface area contributed by atoms with Gasteiger partial charge in [-0.15, -0.1) is 0 Å². The second-order valence-corrected chi connectivity index (χ2v) is 4.11. The van der Waals surface area contributed by atoms with E-state index in [0.717, 1.165) is 0 Å². The molecule has 0 radical (unpaired) electrons. The summed E-state index contributed by atoms with van der Waals surface area (Å²) in [5, 5.41) is 2.84. The summed E-state index contributed by atoms with van der Waals surface area (Å²) in [5.41, 5.74) is 0.852. The number of hydrogen-bond donors (Lipinski definition) is 1. The van der Waals surface area contributed by atoms with Crippen LogP contribution < -0.4 is 10.1 Å². The Labute approximate surface area is 110 Å². The lowest BCUT2D eigenvalue weighted by molar-refractivity contribution is 0.394. The van der Waals surface area contributed by atoms with Gasteiger partial charge in [0.15, 0.2) is 17.4 Å². The third kappa shape index (κ3) is 2.88. The van der Waals surface area contributed by atoms with Crippen molar-refractivity contribution in [3.05, 3.63) is 53.2 Å². The van der Waals surface area contributed by atoms with E-state index < -0.39 is 11.6 Å². The third-order valence-electron chi connectivity index (χ3n) is 2.67. The quantitative estimate of drug-likeness (QED) is 0.921. The first-order chi connectivity index (χ1) is 9.13. The van der Waals surface area contributed by atoms with Crippen molar-refractivity contribution >= 4 is 0 Å². The molecule has 1 heterocycles. The van der Waals surface area contributed by atoms with E-state index in [0.29, 0.717) is 17.7 Å². The first kappa shape index (κ1) is 13.4. The molecule has 2 aromatic rings. The fourth-order valence-corrected chi connectivity index (χ4v) is 1.66. The minimum absolute atomic E-state index is 0.0343. The van der Waals surface area contributed by atoms with Crippen molar-refractivity contribution in [2.45, 2.75) is 13.5 Å². The van der Waals surface area contributed by atoms with E-state index in [1.165, 1.54) is 12.3 Å². The zero-order chi connectivity index (χ0) is 13.8. The Morgan fingerprint density at radius 2 is 2.00 bits per heavy atom. The van der Waals surface area contributed by atoms with Crippen LogP contribution >= 0.6 is 0 Å². The van der Waals surface area contributed by atoms with E-state index in [2.05, 4.69) is 10.3 Å². The third-order valence-corrected chi connectivity index (χ3v) is 2.67. The summed E-state index contributed by atoms with van der Waals surface area (Å²) in [7, 11) is 1.71. The van der Waals surface area contributed by atoms with Crippen LogP contribution in [0.1, 0.15) is 11.1 Å². The molecule has 0 aliphatic heterocycles. The fraction of sp³-hybridized carbons (Fsp3) is 0.214. The molecule has 100 valence electrons. The highest BCUT2D eigenvalue weighted by Crippen LogP contribution is 2.27. The van der Waals surface area contributed by atoms with Gasteiger partial charge in [-0.1, -0.05) is 12.1 Å². The molecule has 2 rings (SSSR count). The minimum Gasteiger partial charge on any atom is -0.433 e. The Kier molecular flexibility index (Phi) is 4.06. The Balaban J connectivity index is 2.33. The number of nitrogens with one attached hydrogen (secondary N) is 1. The van der Waals surface area contributed by atoms with E-state index in [-0.39, 0.29) is 11.6 Å². The van der Waals surface area contributed by atoms with Crippen LogP contribution in [0.15, 0.2) is 30.5 Å². The zero-order valence-corrected chi connectivity index (χ0v) is 10.7. The number of rotatable bonds is 4. The summed E-state index contributed by atoms with van der Waals surface area (Å²) < 4.78 is 33.0. The predicted octanol–water partition coefficient (Wildman–Crippen LogP) is 3.18. The number of ether oxygens (including phenoxy) is 1. The lowest BCUT2D eigenvalue weighted by Crippen LogP contribution is -2.08. The van der Waals surface area contributed by atoms with Crippen molar-refractivity contribution in [3.63, 3.8) is 0 Å². The highest BCUT2D eigenvalue weighted by Gasteiger charge is 2.14. The van der Waals surface area contributed by atoms with Gasteiger partial charge in [-0.3, -0.25) is 0 Å². The molecule has 0 amide bonds. The molecule has 0 saturated carbocycles. The maximum Gasteiger partial charge on any atom is 0.256 e.